The minimum Gasteiger partial charge on any atom is -0.497 e. The van der Waals surface area contributed by atoms with Crippen LogP contribution in [-0.2, 0) is 30.2 Å². The molecule has 3 aliphatic carbocycles. The SMILES string of the molecule is COCO[C@H]1C[C@H](COS(=O)(=O)c2ccccc2C)[C@H]2[C@@H]3CCc4cc(OC)ccc4[C@H]3CC[C@@]21C. The van der Waals surface area contributed by atoms with Crippen LogP contribution in [0.25, 0.3) is 0 Å². The fourth-order valence-electron chi connectivity index (χ4n) is 7.58. The predicted molar refractivity (Wildman–Crippen MR) is 138 cm³/mol. The smallest absolute Gasteiger partial charge is 0.297 e. The van der Waals surface area contributed by atoms with E-state index in [-0.39, 0.29) is 35.7 Å². The second-order valence-corrected chi connectivity index (χ2v) is 12.6. The zero-order valence-corrected chi connectivity index (χ0v) is 22.6. The Kier molecular flexibility index (Phi) is 7.20. The molecule has 0 aliphatic heterocycles. The zero-order chi connectivity index (χ0) is 25.5. The minimum atomic E-state index is -3.84. The molecule has 0 saturated heterocycles. The van der Waals surface area contributed by atoms with E-state index in [4.69, 9.17) is 18.4 Å². The molecule has 2 aromatic rings. The molecule has 7 heteroatoms. The van der Waals surface area contributed by atoms with Crippen LogP contribution in [0.2, 0.25) is 0 Å². The number of fused-ring (bicyclic) bond motifs is 5. The third-order valence-electron chi connectivity index (χ3n) is 9.18. The first-order valence-electron chi connectivity index (χ1n) is 13.0. The second kappa shape index (κ2) is 10.1. The monoisotopic (exact) mass is 514 g/mol. The van der Waals surface area contributed by atoms with Crippen molar-refractivity contribution in [2.45, 2.75) is 62.9 Å². The molecule has 0 N–H and O–H groups in total. The van der Waals surface area contributed by atoms with Crippen LogP contribution in [0.4, 0.5) is 0 Å². The van der Waals surface area contributed by atoms with Crippen molar-refractivity contribution < 1.29 is 26.8 Å². The van der Waals surface area contributed by atoms with Crippen molar-refractivity contribution in [2.24, 2.45) is 23.2 Å². The van der Waals surface area contributed by atoms with Gasteiger partial charge in [0, 0.05) is 7.11 Å². The Labute approximate surface area is 215 Å². The summed E-state index contributed by atoms with van der Waals surface area (Å²) < 4.78 is 49.0. The number of hydrogen-bond acceptors (Lipinski definition) is 6. The van der Waals surface area contributed by atoms with Crippen molar-refractivity contribution in [3.8, 4) is 5.75 Å². The maximum absolute atomic E-state index is 13.1. The molecule has 3 aliphatic rings. The molecule has 0 aromatic heterocycles. The third kappa shape index (κ3) is 4.49. The van der Waals surface area contributed by atoms with E-state index in [2.05, 4.69) is 25.1 Å². The highest BCUT2D eigenvalue weighted by Gasteiger charge is 2.59. The molecule has 2 fully saturated rings. The van der Waals surface area contributed by atoms with Crippen molar-refractivity contribution in [2.75, 3.05) is 27.6 Å². The van der Waals surface area contributed by atoms with Gasteiger partial charge in [-0.15, -0.1) is 0 Å². The molecule has 0 amide bonds. The van der Waals surface area contributed by atoms with Crippen LogP contribution >= 0.6 is 0 Å². The minimum absolute atomic E-state index is 0.0235. The normalized spacial score (nSPS) is 31.4. The van der Waals surface area contributed by atoms with Crippen molar-refractivity contribution in [1.29, 1.82) is 0 Å². The largest absolute Gasteiger partial charge is 0.497 e. The number of rotatable bonds is 8. The van der Waals surface area contributed by atoms with E-state index in [1.807, 2.05) is 6.07 Å². The summed E-state index contributed by atoms with van der Waals surface area (Å²) in [5, 5.41) is 0. The van der Waals surface area contributed by atoms with E-state index in [9.17, 15) is 8.42 Å². The van der Waals surface area contributed by atoms with Gasteiger partial charge < -0.3 is 14.2 Å². The van der Waals surface area contributed by atoms with Crippen LogP contribution in [0.5, 0.6) is 5.75 Å². The van der Waals surface area contributed by atoms with Gasteiger partial charge in [0.2, 0.25) is 0 Å². The van der Waals surface area contributed by atoms with Gasteiger partial charge in [0.15, 0.2) is 0 Å². The average molecular weight is 515 g/mol. The Bertz CT molecular complexity index is 1190. The van der Waals surface area contributed by atoms with Crippen LogP contribution in [0.3, 0.4) is 0 Å². The molecular weight excluding hydrogens is 476 g/mol. The molecule has 0 radical (unpaired) electrons. The van der Waals surface area contributed by atoms with Crippen LogP contribution in [-0.4, -0.2) is 42.1 Å². The van der Waals surface area contributed by atoms with Crippen molar-refractivity contribution in [3.63, 3.8) is 0 Å². The molecular formula is C29H38O6S. The zero-order valence-electron chi connectivity index (χ0n) is 21.7. The lowest BCUT2D eigenvalue weighted by Crippen LogP contribution is -2.46. The number of ether oxygens (including phenoxy) is 3. The van der Waals surface area contributed by atoms with Gasteiger partial charge in [-0.3, -0.25) is 4.18 Å². The maximum atomic E-state index is 13.1. The van der Waals surface area contributed by atoms with E-state index in [0.717, 1.165) is 37.9 Å². The first-order chi connectivity index (χ1) is 17.3. The van der Waals surface area contributed by atoms with Gasteiger partial charge in [0.05, 0.1) is 24.7 Å². The highest BCUT2D eigenvalue weighted by molar-refractivity contribution is 7.86. The second-order valence-electron chi connectivity index (χ2n) is 11.0. The number of hydrogen-bond donors (Lipinski definition) is 0. The molecule has 0 heterocycles. The lowest BCUT2D eigenvalue weighted by Gasteiger charge is -2.51. The summed E-state index contributed by atoms with van der Waals surface area (Å²) in [4.78, 5) is 0.250. The van der Waals surface area contributed by atoms with Gasteiger partial charge in [0.25, 0.3) is 10.1 Å². The van der Waals surface area contributed by atoms with E-state index >= 15 is 0 Å². The highest BCUT2D eigenvalue weighted by Crippen LogP contribution is 2.63. The lowest BCUT2D eigenvalue weighted by molar-refractivity contribution is -0.125. The standard InChI is InChI=1S/C29H38O6S/c1-19-7-5-6-8-26(19)36(30,31)35-17-21-16-27(34-18-32-3)29(2)14-13-24-23-12-10-22(33-4)15-20(23)9-11-25(24)28(21)29/h5-8,10,12,15,21,24-25,27-28H,9,11,13-14,16-18H2,1-4H3/t21-,24-,25-,27+,28+,29-/m1/s1. The van der Waals surface area contributed by atoms with Gasteiger partial charge >= 0.3 is 0 Å². The molecule has 0 spiro atoms. The van der Waals surface area contributed by atoms with E-state index in [1.165, 1.54) is 11.1 Å². The van der Waals surface area contributed by atoms with E-state index in [1.54, 1.807) is 39.3 Å². The van der Waals surface area contributed by atoms with Crippen molar-refractivity contribution in [1.82, 2.24) is 0 Å². The quantitative estimate of drug-likeness (QED) is 0.343. The molecule has 6 nitrogen and oxygen atoms in total. The first-order valence-corrected chi connectivity index (χ1v) is 14.4. The lowest BCUT2D eigenvalue weighted by atomic mass is 9.54. The molecule has 0 unspecified atom stereocenters. The maximum Gasteiger partial charge on any atom is 0.297 e. The Morgan fingerprint density at radius 2 is 1.89 bits per heavy atom. The molecule has 0 bridgehead atoms. The van der Waals surface area contributed by atoms with Gasteiger partial charge in [-0.2, -0.15) is 8.42 Å². The highest BCUT2D eigenvalue weighted by atomic mass is 32.2. The molecule has 2 aromatic carbocycles. The Morgan fingerprint density at radius 1 is 1.08 bits per heavy atom. The first kappa shape index (κ1) is 25.7. The summed E-state index contributed by atoms with van der Waals surface area (Å²) in [6.45, 7) is 4.58. The number of benzene rings is 2. The molecule has 196 valence electrons. The van der Waals surface area contributed by atoms with Gasteiger partial charge in [-0.05, 0) is 103 Å². The number of aryl methyl sites for hydroxylation is 2. The molecule has 36 heavy (non-hydrogen) atoms. The molecule has 5 rings (SSSR count). The fourth-order valence-corrected chi connectivity index (χ4v) is 8.76. The van der Waals surface area contributed by atoms with Crippen LogP contribution < -0.4 is 4.74 Å². The summed E-state index contributed by atoms with van der Waals surface area (Å²) in [5.74, 6) is 2.27. The fraction of sp³-hybridized carbons (Fsp3) is 0.586. The summed E-state index contributed by atoms with van der Waals surface area (Å²) in [6.07, 6.45) is 5.06. The van der Waals surface area contributed by atoms with Gasteiger partial charge in [-0.1, -0.05) is 31.2 Å². The Hall–Kier alpha value is -1.93. The van der Waals surface area contributed by atoms with Gasteiger partial charge in [0.1, 0.15) is 12.5 Å². The van der Waals surface area contributed by atoms with E-state index in [0.29, 0.717) is 23.3 Å². The molecule has 2 saturated carbocycles. The van der Waals surface area contributed by atoms with Gasteiger partial charge in [-0.25, -0.2) is 0 Å². The van der Waals surface area contributed by atoms with Crippen molar-refractivity contribution in [3.05, 3.63) is 59.2 Å². The topological polar surface area (TPSA) is 71.1 Å². The van der Waals surface area contributed by atoms with Crippen LogP contribution in [0, 0.1) is 30.1 Å². The average Bonchev–Trinajstić information content (AvgIpc) is 3.17. The van der Waals surface area contributed by atoms with Crippen molar-refractivity contribution >= 4 is 10.1 Å². The Balaban J connectivity index is 1.43. The molecule has 6 atom stereocenters. The summed E-state index contributed by atoms with van der Waals surface area (Å²) >= 11 is 0. The Morgan fingerprint density at radius 3 is 2.64 bits per heavy atom. The summed E-state index contributed by atoms with van der Waals surface area (Å²) in [5.41, 5.74) is 3.48. The van der Waals surface area contributed by atoms with Crippen LogP contribution in [0.15, 0.2) is 47.4 Å². The summed E-state index contributed by atoms with van der Waals surface area (Å²) in [7, 11) is -0.473. The third-order valence-corrected chi connectivity index (χ3v) is 10.6. The van der Waals surface area contributed by atoms with Crippen LogP contribution in [0.1, 0.15) is 55.2 Å². The number of methoxy groups -OCH3 is 2. The predicted octanol–water partition coefficient (Wildman–Crippen LogP) is 5.48. The summed E-state index contributed by atoms with van der Waals surface area (Å²) in [6, 6.07) is 13.5. The van der Waals surface area contributed by atoms with E-state index < -0.39 is 10.1 Å².